The smallest absolute Gasteiger partial charge is 0.328 e. The summed E-state index contributed by atoms with van der Waals surface area (Å²) in [7, 11) is 0. The van der Waals surface area contributed by atoms with E-state index in [1.54, 1.807) is 0 Å². The lowest BCUT2D eigenvalue weighted by atomic mass is 10.1. The summed E-state index contributed by atoms with van der Waals surface area (Å²) in [6.07, 6.45) is 2.47. The minimum atomic E-state index is -0.988. The van der Waals surface area contributed by atoms with Gasteiger partial charge in [0.05, 0.1) is 13.2 Å². The molecule has 2 aliphatic heterocycles. The van der Waals surface area contributed by atoms with Gasteiger partial charge in [-0.25, -0.2) is 4.79 Å². The van der Waals surface area contributed by atoms with Crippen molar-refractivity contribution in [3.05, 3.63) is 0 Å². The Bertz CT molecular complexity index is 302. The lowest BCUT2D eigenvalue weighted by molar-refractivity contribution is -0.158. The van der Waals surface area contributed by atoms with Crippen molar-refractivity contribution in [1.82, 2.24) is 10.2 Å². The van der Waals surface area contributed by atoms with Crippen molar-refractivity contribution in [1.29, 1.82) is 0 Å². The van der Waals surface area contributed by atoms with Crippen LogP contribution in [0.25, 0.3) is 0 Å². The fourth-order valence-corrected chi connectivity index (χ4v) is 2.37. The Morgan fingerprint density at radius 1 is 1.47 bits per heavy atom. The number of nitrogens with zero attached hydrogens (tertiary/aromatic N) is 1. The van der Waals surface area contributed by atoms with Crippen LogP contribution in [0.5, 0.6) is 0 Å². The first-order valence-electron chi connectivity index (χ1n) is 6.02. The molecule has 2 N–H and O–H groups in total. The molecule has 2 rings (SSSR count). The quantitative estimate of drug-likeness (QED) is 0.693. The van der Waals surface area contributed by atoms with Crippen molar-refractivity contribution >= 4 is 11.9 Å². The molecule has 6 nitrogen and oxygen atoms in total. The minimum absolute atomic E-state index is 0.0832. The Hall–Kier alpha value is -1.14. The van der Waals surface area contributed by atoms with Crippen molar-refractivity contribution in [3.8, 4) is 0 Å². The van der Waals surface area contributed by atoms with E-state index in [1.807, 2.05) is 0 Å². The number of ether oxygens (including phenoxy) is 1. The van der Waals surface area contributed by atoms with Crippen molar-refractivity contribution in [2.45, 2.75) is 31.3 Å². The summed E-state index contributed by atoms with van der Waals surface area (Å²) in [5.41, 5.74) is 0. The number of carbonyl (C=O) groups is 2. The van der Waals surface area contributed by atoms with Crippen LogP contribution in [-0.4, -0.2) is 60.3 Å². The molecule has 1 amide bonds. The summed E-state index contributed by atoms with van der Waals surface area (Å²) in [5.74, 6) is -1.07. The fourth-order valence-electron chi connectivity index (χ4n) is 2.37. The summed E-state index contributed by atoms with van der Waals surface area (Å²) in [6.45, 7) is 1.85. The van der Waals surface area contributed by atoms with Crippen LogP contribution in [0.15, 0.2) is 0 Å². The predicted molar refractivity (Wildman–Crippen MR) is 59.6 cm³/mol. The third-order valence-corrected chi connectivity index (χ3v) is 3.32. The standard InChI is InChI=1S/C11H18N2O4/c14-10(6-8-2-1-3-12-8)13-4-5-17-7-9(13)11(15)16/h8-9,12H,1-7H2,(H,15,16). The maximum atomic E-state index is 12.0. The number of amides is 1. The van der Waals surface area contributed by atoms with E-state index in [1.165, 1.54) is 4.90 Å². The molecule has 17 heavy (non-hydrogen) atoms. The van der Waals surface area contributed by atoms with Gasteiger partial charge in [0.25, 0.3) is 0 Å². The largest absolute Gasteiger partial charge is 0.480 e. The summed E-state index contributed by atoms with van der Waals surface area (Å²) in [6, 6.07) is -0.613. The number of morpholine rings is 1. The Morgan fingerprint density at radius 2 is 2.29 bits per heavy atom. The summed E-state index contributed by atoms with van der Waals surface area (Å²) >= 11 is 0. The molecule has 2 saturated heterocycles. The highest BCUT2D eigenvalue weighted by molar-refractivity contribution is 5.84. The second kappa shape index (κ2) is 5.46. The number of rotatable bonds is 3. The fraction of sp³-hybridized carbons (Fsp3) is 0.818. The lowest BCUT2D eigenvalue weighted by Gasteiger charge is -2.33. The number of nitrogens with one attached hydrogen (secondary N) is 1. The van der Waals surface area contributed by atoms with Crippen LogP contribution in [0.4, 0.5) is 0 Å². The molecule has 0 radical (unpaired) electrons. The molecule has 6 heteroatoms. The van der Waals surface area contributed by atoms with Gasteiger partial charge in [-0.05, 0) is 19.4 Å². The highest BCUT2D eigenvalue weighted by Crippen LogP contribution is 2.14. The molecule has 2 aliphatic rings. The maximum Gasteiger partial charge on any atom is 0.328 e. The van der Waals surface area contributed by atoms with Crippen molar-refractivity contribution in [3.63, 3.8) is 0 Å². The Morgan fingerprint density at radius 3 is 2.94 bits per heavy atom. The number of hydrogen-bond donors (Lipinski definition) is 2. The summed E-state index contributed by atoms with van der Waals surface area (Å²) in [5, 5.41) is 12.3. The first kappa shape index (κ1) is 12.3. The van der Waals surface area contributed by atoms with E-state index in [0.717, 1.165) is 19.4 Å². The average molecular weight is 242 g/mol. The Labute approximate surface area is 99.9 Å². The van der Waals surface area contributed by atoms with Gasteiger partial charge in [-0.1, -0.05) is 0 Å². The monoisotopic (exact) mass is 242 g/mol. The zero-order chi connectivity index (χ0) is 12.3. The SMILES string of the molecule is O=C(O)C1COCCN1C(=O)CC1CCCN1. The highest BCUT2D eigenvalue weighted by Gasteiger charge is 2.33. The molecule has 0 aliphatic carbocycles. The molecule has 2 heterocycles. The van der Waals surface area contributed by atoms with Gasteiger partial charge in [0.1, 0.15) is 0 Å². The third-order valence-electron chi connectivity index (χ3n) is 3.32. The lowest BCUT2D eigenvalue weighted by Crippen LogP contribution is -2.53. The molecule has 96 valence electrons. The van der Waals surface area contributed by atoms with E-state index in [-0.39, 0.29) is 18.6 Å². The van der Waals surface area contributed by atoms with Gasteiger partial charge < -0.3 is 20.1 Å². The van der Waals surface area contributed by atoms with Crippen molar-refractivity contribution in [2.24, 2.45) is 0 Å². The van der Waals surface area contributed by atoms with Gasteiger partial charge in [0.2, 0.25) is 5.91 Å². The van der Waals surface area contributed by atoms with Gasteiger partial charge in [-0.3, -0.25) is 4.79 Å². The van der Waals surface area contributed by atoms with Gasteiger partial charge >= 0.3 is 5.97 Å². The summed E-state index contributed by atoms with van der Waals surface area (Å²) < 4.78 is 5.10. The van der Waals surface area contributed by atoms with Crippen LogP contribution in [0.2, 0.25) is 0 Å². The van der Waals surface area contributed by atoms with E-state index in [4.69, 9.17) is 9.84 Å². The minimum Gasteiger partial charge on any atom is -0.480 e. The number of carboxylic acids is 1. The van der Waals surface area contributed by atoms with Crippen LogP contribution in [0.3, 0.4) is 0 Å². The van der Waals surface area contributed by atoms with Crippen LogP contribution in [-0.2, 0) is 14.3 Å². The second-order valence-electron chi connectivity index (χ2n) is 4.51. The molecular formula is C11H18N2O4. The molecule has 2 atom stereocenters. The average Bonchev–Trinajstić information content (AvgIpc) is 2.81. The number of carbonyl (C=O) groups excluding carboxylic acids is 1. The van der Waals surface area contributed by atoms with E-state index in [0.29, 0.717) is 19.6 Å². The molecule has 0 bridgehead atoms. The molecule has 0 saturated carbocycles. The number of hydrogen-bond acceptors (Lipinski definition) is 4. The van der Waals surface area contributed by atoms with Crippen LogP contribution in [0.1, 0.15) is 19.3 Å². The van der Waals surface area contributed by atoms with E-state index in [9.17, 15) is 9.59 Å². The molecule has 2 unspecified atom stereocenters. The number of carboxylic acid groups (broad SMARTS) is 1. The van der Waals surface area contributed by atoms with Crippen LogP contribution in [0, 0.1) is 0 Å². The van der Waals surface area contributed by atoms with E-state index in [2.05, 4.69) is 5.32 Å². The van der Waals surface area contributed by atoms with E-state index >= 15 is 0 Å². The first-order chi connectivity index (χ1) is 8.18. The third kappa shape index (κ3) is 2.95. The predicted octanol–water partition coefficient (Wildman–Crippen LogP) is -0.559. The molecule has 2 fully saturated rings. The molecule has 0 spiro atoms. The molecule has 0 aromatic rings. The Balaban J connectivity index is 1.93. The van der Waals surface area contributed by atoms with Gasteiger partial charge in [-0.2, -0.15) is 0 Å². The molecule has 0 aromatic heterocycles. The maximum absolute atomic E-state index is 12.0. The molecule has 0 aromatic carbocycles. The highest BCUT2D eigenvalue weighted by atomic mass is 16.5. The summed E-state index contributed by atoms with van der Waals surface area (Å²) in [4.78, 5) is 24.5. The number of aliphatic carboxylic acids is 1. The Kier molecular flexibility index (Phi) is 3.96. The van der Waals surface area contributed by atoms with Crippen LogP contribution < -0.4 is 5.32 Å². The van der Waals surface area contributed by atoms with Crippen LogP contribution >= 0.6 is 0 Å². The normalized spacial score (nSPS) is 29.3. The van der Waals surface area contributed by atoms with Gasteiger partial charge in [-0.15, -0.1) is 0 Å². The second-order valence-corrected chi connectivity index (χ2v) is 4.51. The zero-order valence-electron chi connectivity index (χ0n) is 9.72. The van der Waals surface area contributed by atoms with Gasteiger partial charge in [0.15, 0.2) is 6.04 Å². The molecular weight excluding hydrogens is 224 g/mol. The van der Waals surface area contributed by atoms with Gasteiger partial charge in [0, 0.05) is 19.0 Å². The zero-order valence-corrected chi connectivity index (χ0v) is 9.72. The topological polar surface area (TPSA) is 78.9 Å². The van der Waals surface area contributed by atoms with Crippen molar-refractivity contribution < 1.29 is 19.4 Å². The van der Waals surface area contributed by atoms with E-state index < -0.39 is 12.0 Å². The van der Waals surface area contributed by atoms with Crippen molar-refractivity contribution in [2.75, 3.05) is 26.3 Å². The first-order valence-corrected chi connectivity index (χ1v) is 6.02.